The van der Waals surface area contributed by atoms with Gasteiger partial charge in [-0.15, -0.1) is 0 Å². The van der Waals surface area contributed by atoms with Gasteiger partial charge < -0.3 is 10.4 Å². The molecule has 0 aromatic heterocycles. The van der Waals surface area contributed by atoms with Crippen molar-refractivity contribution < 1.29 is 5.11 Å². The number of phenols is 1. The maximum atomic E-state index is 9.54. The average Bonchev–Trinajstić information content (AvgIpc) is 2.62. The van der Waals surface area contributed by atoms with Crippen molar-refractivity contribution in [1.82, 2.24) is 5.32 Å². The minimum absolute atomic E-state index is 0.421. The number of aryl methyl sites for hydroxylation is 1. The summed E-state index contributed by atoms with van der Waals surface area (Å²) < 4.78 is 0. The van der Waals surface area contributed by atoms with Gasteiger partial charge in [0.05, 0.1) is 0 Å². The zero-order valence-electron chi connectivity index (χ0n) is 7.88. The number of nitrogens with one attached hydrogen (secondary N) is 1. The van der Waals surface area contributed by atoms with Gasteiger partial charge in [0.2, 0.25) is 0 Å². The average molecular weight is 177 g/mol. The Labute approximate surface area is 78.6 Å². The number of hydrogen-bond donors (Lipinski definition) is 2. The van der Waals surface area contributed by atoms with Gasteiger partial charge in [0.1, 0.15) is 5.75 Å². The monoisotopic (exact) mass is 177 g/mol. The minimum atomic E-state index is 0.421. The first-order valence-electron chi connectivity index (χ1n) is 4.77. The Kier molecular flexibility index (Phi) is 2.23. The summed E-state index contributed by atoms with van der Waals surface area (Å²) in [6.07, 6.45) is 1.18. The van der Waals surface area contributed by atoms with Gasteiger partial charge in [-0.3, -0.25) is 0 Å². The lowest BCUT2D eigenvalue weighted by atomic mass is 9.97. The van der Waals surface area contributed by atoms with Crippen molar-refractivity contribution in [2.24, 2.45) is 0 Å². The van der Waals surface area contributed by atoms with Crippen LogP contribution in [0.5, 0.6) is 5.75 Å². The molecule has 1 aromatic rings. The van der Waals surface area contributed by atoms with Gasteiger partial charge in [0, 0.05) is 6.54 Å². The van der Waals surface area contributed by atoms with E-state index in [1.165, 1.54) is 12.0 Å². The van der Waals surface area contributed by atoms with E-state index in [4.69, 9.17) is 0 Å². The topological polar surface area (TPSA) is 32.3 Å². The second-order valence-electron chi connectivity index (χ2n) is 3.74. The van der Waals surface area contributed by atoms with E-state index in [9.17, 15) is 5.11 Å². The van der Waals surface area contributed by atoms with Gasteiger partial charge in [0.25, 0.3) is 0 Å². The van der Waals surface area contributed by atoms with E-state index >= 15 is 0 Å². The standard InChI is InChI=1S/C11H15NO/c1-8-2-3-9(6-11(8)13)10-4-5-12-7-10/h2-3,6,10,12-13H,4-5,7H2,1H3/t10-/m0/s1. The first-order chi connectivity index (χ1) is 6.27. The third-order valence-electron chi connectivity index (χ3n) is 2.76. The van der Waals surface area contributed by atoms with Gasteiger partial charge in [-0.2, -0.15) is 0 Å². The summed E-state index contributed by atoms with van der Waals surface area (Å²) in [4.78, 5) is 0. The largest absolute Gasteiger partial charge is 0.508 e. The maximum Gasteiger partial charge on any atom is 0.118 e. The highest BCUT2D eigenvalue weighted by Crippen LogP contribution is 2.26. The van der Waals surface area contributed by atoms with E-state index in [1.54, 1.807) is 0 Å². The van der Waals surface area contributed by atoms with E-state index in [1.807, 2.05) is 19.1 Å². The number of aromatic hydroxyl groups is 1. The van der Waals surface area contributed by atoms with Gasteiger partial charge in [-0.1, -0.05) is 12.1 Å². The fraction of sp³-hybridized carbons (Fsp3) is 0.455. The molecule has 1 atom stereocenters. The summed E-state index contributed by atoms with van der Waals surface area (Å²) in [7, 11) is 0. The van der Waals surface area contributed by atoms with Gasteiger partial charge >= 0.3 is 0 Å². The van der Waals surface area contributed by atoms with Crippen molar-refractivity contribution in [2.75, 3.05) is 13.1 Å². The molecule has 1 heterocycles. The van der Waals surface area contributed by atoms with Crippen molar-refractivity contribution in [3.8, 4) is 5.75 Å². The molecule has 1 aliphatic heterocycles. The van der Waals surface area contributed by atoms with Crippen molar-refractivity contribution in [3.63, 3.8) is 0 Å². The molecule has 0 unspecified atom stereocenters. The number of rotatable bonds is 1. The second kappa shape index (κ2) is 3.38. The summed E-state index contributed by atoms with van der Waals surface area (Å²) in [6, 6.07) is 6.00. The number of hydrogen-bond acceptors (Lipinski definition) is 2. The van der Waals surface area contributed by atoms with Crippen LogP contribution < -0.4 is 5.32 Å². The molecule has 1 aliphatic rings. The van der Waals surface area contributed by atoms with Crippen LogP contribution in [-0.4, -0.2) is 18.2 Å². The Balaban J connectivity index is 2.25. The van der Waals surface area contributed by atoms with Gasteiger partial charge in [-0.05, 0) is 43.0 Å². The van der Waals surface area contributed by atoms with E-state index in [0.29, 0.717) is 11.7 Å². The Morgan fingerprint density at radius 3 is 2.92 bits per heavy atom. The predicted octanol–water partition coefficient (Wildman–Crippen LogP) is 1.78. The fourth-order valence-corrected chi connectivity index (χ4v) is 1.82. The Morgan fingerprint density at radius 2 is 2.31 bits per heavy atom. The van der Waals surface area contributed by atoms with E-state index in [-0.39, 0.29) is 0 Å². The molecule has 13 heavy (non-hydrogen) atoms. The first-order valence-corrected chi connectivity index (χ1v) is 4.77. The minimum Gasteiger partial charge on any atom is -0.508 e. The quantitative estimate of drug-likeness (QED) is 0.685. The molecule has 1 fully saturated rings. The third kappa shape index (κ3) is 1.68. The van der Waals surface area contributed by atoms with Gasteiger partial charge in [0.15, 0.2) is 0 Å². The van der Waals surface area contributed by atoms with Crippen LogP contribution in [0.3, 0.4) is 0 Å². The van der Waals surface area contributed by atoms with Crippen LogP contribution in [0.25, 0.3) is 0 Å². The van der Waals surface area contributed by atoms with Crippen LogP contribution in [0.15, 0.2) is 18.2 Å². The zero-order valence-corrected chi connectivity index (χ0v) is 7.88. The summed E-state index contributed by atoms with van der Waals surface area (Å²) in [5.41, 5.74) is 2.21. The molecule has 2 rings (SSSR count). The second-order valence-corrected chi connectivity index (χ2v) is 3.74. The van der Waals surface area contributed by atoms with Crippen LogP contribution in [0, 0.1) is 6.92 Å². The molecule has 2 heteroatoms. The molecule has 0 spiro atoms. The molecule has 0 amide bonds. The van der Waals surface area contributed by atoms with Crippen LogP contribution in [-0.2, 0) is 0 Å². The smallest absolute Gasteiger partial charge is 0.118 e. The highest BCUT2D eigenvalue weighted by Gasteiger charge is 2.16. The van der Waals surface area contributed by atoms with E-state index in [2.05, 4.69) is 11.4 Å². The Hall–Kier alpha value is -1.02. The first kappa shape index (κ1) is 8.57. The van der Waals surface area contributed by atoms with Gasteiger partial charge in [-0.25, -0.2) is 0 Å². The maximum absolute atomic E-state index is 9.54. The van der Waals surface area contributed by atoms with Crippen LogP contribution in [0.1, 0.15) is 23.5 Å². The lowest BCUT2D eigenvalue weighted by Gasteiger charge is -2.09. The van der Waals surface area contributed by atoms with Crippen molar-refractivity contribution in [1.29, 1.82) is 0 Å². The summed E-state index contributed by atoms with van der Waals surface area (Å²) in [5.74, 6) is 1.01. The summed E-state index contributed by atoms with van der Waals surface area (Å²) >= 11 is 0. The van der Waals surface area contributed by atoms with Crippen molar-refractivity contribution in [2.45, 2.75) is 19.3 Å². The fourth-order valence-electron chi connectivity index (χ4n) is 1.82. The highest BCUT2D eigenvalue weighted by atomic mass is 16.3. The molecule has 2 N–H and O–H groups in total. The van der Waals surface area contributed by atoms with Crippen molar-refractivity contribution >= 4 is 0 Å². The van der Waals surface area contributed by atoms with Crippen LogP contribution in [0.2, 0.25) is 0 Å². The molecule has 1 aromatic carbocycles. The lowest BCUT2D eigenvalue weighted by molar-refractivity contribution is 0.469. The molecular weight excluding hydrogens is 162 g/mol. The molecule has 2 nitrogen and oxygen atoms in total. The SMILES string of the molecule is Cc1ccc([C@H]2CCNC2)cc1O. The lowest BCUT2D eigenvalue weighted by Crippen LogP contribution is -2.07. The Bertz CT molecular complexity index is 303. The normalized spacial score (nSPS) is 22.1. The van der Waals surface area contributed by atoms with E-state index < -0.39 is 0 Å². The number of phenolic OH excluding ortho intramolecular Hbond substituents is 1. The molecular formula is C11H15NO. The third-order valence-corrected chi connectivity index (χ3v) is 2.76. The molecule has 70 valence electrons. The molecule has 0 radical (unpaired) electrons. The van der Waals surface area contributed by atoms with Crippen molar-refractivity contribution in [3.05, 3.63) is 29.3 Å². The summed E-state index contributed by atoms with van der Waals surface area (Å²) in [5, 5.41) is 12.9. The highest BCUT2D eigenvalue weighted by molar-refractivity contribution is 5.37. The molecule has 0 bridgehead atoms. The Morgan fingerprint density at radius 1 is 1.46 bits per heavy atom. The van der Waals surface area contributed by atoms with Crippen LogP contribution >= 0.6 is 0 Å². The van der Waals surface area contributed by atoms with Crippen LogP contribution in [0.4, 0.5) is 0 Å². The predicted molar refractivity (Wildman–Crippen MR) is 53.1 cm³/mol. The molecule has 0 aliphatic carbocycles. The zero-order chi connectivity index (χ0) is 9.26. The molecule has 0 saturated carbocycles. The summed E-state index contributed by atoms with van der Waals surface area (Å²) in [6.45, 7) is 4.06. The number of benzene rings is 1. The van der Waals surface area contributed by atoms with E-state index in [0.717, 1.165) is 18.7 Å². The molecule has 1 saturated heterocycles.